The van der Waals surface area contributed by atoms with Crippen molar-refractivity contribution in [3.05, 3.63) is 29.8 Å². The molecule has 18 heavy (non-hydrogen) atoms. The summed E-state index contributed by atoms with van der Waals surface area (Å²) in [5, 5.41) is 12.2. The minimum absolute atomic E-state index is 0.0311. The largest absolute Gasteiger partial charge is 0.382 e. The maximum Gasteiger partial charge on any atom is 0.0669 e. The Morgan fingerprint density at radius 3 is 2.72 bits per heavy atom. The first-order chi connectivity index (χ1) is 8.59. The quantitative estimate of drug-likeness (QED) is 0.888. The van der Waals surface area contributed by atoms with Crippen LogP contribution in [-0.2, 0) is 11.2 Å². The normalized spacial score (nSPS) is 22.2. The first-order valence-electron chi connectivity index (χ1n) is 6.45. The first kappa shape index (κ1) is 12.9. The van der Waals surface area contributed by atoms with E-state index >= 15 is 0 Å². The summed E-state index contributed by atoms with van der Waals surface area (Å²) in [4.78, 5) is 0. The van der Waals surface area contributed by atoms with Crippen LogP contribution in [0.2, 0.25) is 0 Å². The highest BCUT2D eigenvalue weighted by Crippen LogP contribution is 2.26. The molecule has 3 heteroatoms. The van der Waals surface area contributed by atoms with E-state index in [4.69, 9.17) is 10.00 Å². The maximum absolute atomic E-state index is 8.63. The van der Waals surface area contributed by atoms with Gasteiger partial charge in [0, 0.05) is 18.3 Å². The lowest BCUT2D eigenvalue weighted by Crippen LogP contribution is -2.40. The summed E-state index contributed by atoms with van der Waals surface area (Å²) >= 11 is 0. The summed E-state index contributed by atoms with van der Waals surface area (Å²) in [6, 6.07) is 10.7. The van der Waals surface area contributed by atoms with Crippen LogP contribution in [0.1, 0.15) is 32.3 Å². The predicted molar refractivity (Wildman–Crippen MR) is 72.4 cm³/mol. The molecule has 96 valence electrons. The zero-order valence-electron chi connectivity index (χ0n) is 11.1. The third-order valence-corrected chi connectivity index (χ3v) is 3.31. The van der Waals surface area contributed by atoms with Crippen molar-refractivity contribution in [2.75, 3.05) is 11.9 Å². The van der Waals surface area contributed by atoms with Crippen LogP contribution in [0, 0.1) is 11.3 Å². The molecule has 3 nitrogen and oxygen atoms in total. The molecule has 0 aliphatic carbocycles. The fourth-order valence-corrected chi connectivity index (χ4v) is 2.40. The van der Waals surface area contributed by atoms with Gasteiger partial charge in [0.25, 0.3) is 0 Å². The molecule has 0 spiro atoms. The molecule has 1 aromatic rings. The van der Waals surface area contributed by atoms with Crippen LogP contribution in [0.25, 0.3) is 0 Å². The van der Waals surface area contributed by atoms with E-state index in [2.05, 4.69) is 37.4 Å². The second-order valence-electron chi connectivity index (χ2n) is 5.47. The number of nitrogens with zero attached hydrogens (tertiary/aromatic N) is 1. The topological polar surface area (TPSA) is 45.0 Å². The summed E-state index contributed by atoms with van der Waals surface area (Å²) in [5.74, 6) is 0. The molecular weight excluding hydrogens is 224 g/mol. The molecule has 1 aliphatic heterocycles. The molecule has 1 atom stereocenters. The van der Waals surface area contributed by atoms with Crippen LogP contribution < -0.4 is 5.32 Å². The number of rotatable bonds is 3. The minimum atomic E-state index is -0.0311. The fraction of sp³-hybridized carbons (Fsp3) is 0.533. The molecule has 0 bridgehead atoms. The molecule has 1 saturated heterocycles. The van der Waals surface area contributed by atoms with E-state index in [1.165, 1.54) is 0 Å². The van der Waals surface area contributed by atoms with Gasteiger partial charge in [0.1, 0.15) is 0 Å². The minimum Gasteiger partial charge on any atom is -0.382 e. The van der Waals surface area contributed by atoms with Crippen LogP contribution in [0.3, 0.4) is 0 Å². The number of anilines is 1. The zero-order chi connectivity index (χ0) is 13.0. The number of hydrogen-bond donors (Lipinski definition) is 1. The van der Waals surface area contributed by atoms with Crippen molar-refractivity contribution in [3.63, 3.8) is 0 Å². The van der Waals surface area contributed by atoms with Crippen molar-refractivity contribution in [1.82, 2.24) is 0 Å². The van der Waals surface area contributed by atoms with Crippen molar-refractivity contribution in [3.8, 4) is 6.07 Å². The van der Waals surface area contributed by atoms with Crippen LogP contribution in [0.15, 0.2) is 24.3 Å². The standard InChI is InChI=1S/C15H20N2O/c1-15(2)11-14(8-10-18-15)17-13-5-3-12(4-6-13)7-9-16/h3-6,14,17H,7-8,10-11H2,1-2H3. The Bertz CT molecular complexity index is 431. The Kier molecular flexibility index (Phi) is 3.88. The van der Waals surface area contributed by atoms with Crippen LogP contribution in [-0.4, -0.2) is 18.2 Å². The number of hydrogen-bond acceptors (Lipinski definition) is 3. The van der Waals surface area contributed by atoms with Gasteiger partial charge in [0.2, 0.25) is 0 Å². The van der Waals surface area contributed by atoms with Crippen LogP contribution >= 0.6 is 0 Å². The van der Waals surface area contributed by atoms with E-state index in [9.17, 15) is 0 Å². The molecular formula is C15H20N2O. The van der Waals surface area contributed by atoms with Gasteiger partial charge in [0.05, 0.1) is 18.1 Å². The maximum atomic E-state index is 8.63. The summed E-state index contributed by atoms with van der Waals surface area (Å²) in [6.45, 7) is 5.09. The third kappa shape index (κ3) is 3.48. The molecule has 2 rings (SSSR count). The molecule has 1 aliphatic rings. The van der Waals surface area contributed by atoms with E-state index in [-0.39, 0.29) is 5.60 Å². The van der Waals surface area contributed by atoms with Gasteiger partial charge < -0.3 is 10.1 Å². The lowest BCUT2D eigenvalue weighted by Gasteiger charge is -2.36. The number of nitrogens with one attached hydrogen (secondary N) is 1. The lowest BCUT2D eigenvalue weighted by molar-refractivity contribution is -0.0553. The van der Waals surface area contributed by atoms with Gasteiger partial charge in [-0.25, -0.2) is 0 Å². The van der Waals surface area contributed by atoms with Gasteiger partial charge in [-0.1, -0.05) is 12.1 Å². The SMILES string of the molecule is CC1(C)CC(Nc2ccc(CC#N)cc2)CCO1. The molecule has 1 heterocycles. The van der Waals surface area contributed by atoms with E-state index in [0.717, 1.165) is 30.7 Å². The summed E-state index contributed by atoms with van der Waals surface area (Å²) in [5.41, 5.74) is 2.16. The number of ether oxygens (including phenoxy) is 1. The van der Waals surface area contributed by atoms with E-state index in [0.29, 0.717) is 12.5 Å². The summed E-state index contributed by atoms with van der Waals surface area (Å²) in [7, 11) is 0. The van der Waals surface area contributed by atoms with Gasteiger partial charge in [-0.15, -0.1) is 0 Å². The predicted octanol–water partition coefficient (Wildman–Crippen LogP) is 3.12. The van der Waals surface area contributed by atoms with Gasteiger partial charge >= 0.3 is 0 Å². The van der Waals surface area contributed by atoms with Gasteiger partial charge in [-0.3, -0.25) is 0 Å². The summed E-state index contributed by atoms with van der Waals surface area (Å²) in [6.07, 6.45) is 2.54. The Balaban J connectivity index is 1.95. The average molecular weight is 244 g/mol. The molecule has 1 fully saturated rings. The molecule has 0 amide bonds. The first-order valence-corrected chi connectivity index (χ1v) is 6.45. The Morgan fingerprint density at radius 2 is 2.11 bits per heavy atom. The smallest absolute Gasteiger partial charge is 0.0669 e. The highest BCUT2D eigenvalue weighted by atomic mass is 16.5. The average Bonchev–Trinajstić information content (AvgIpc) is 2.31. The number of nitriles is 1. The fourth-order valence-electron chi connectivity index (χ4n) is 2.40. The van der Waals surface area contributed by atoms with Gasteiger partial charge in [-0.2, -0.15) is 5.26 Å². The summed E-state index contributed by atoms with van der Waals surface area (Å²) < 4.78 is 5.71. The molecule has 1 unspecified atom stereocenters. The second kappa shape index (κ2) is 5.41. The Morgan fingerprint density at radius 1 is 1.39 bits per heavy atom. The lowest BCUT2D eigenvalue weighted by atomic mass is 9.94. The highest BCUT2D eigenvalue weighted by Gasteiger charge is 2.28. The van der Waals surface area contributed by atoms with Crippen molar-refractivity contribution < 1.29 is 4.74 Å². The third-order valence-electron chi connectivity index (χ3n) is 3.31. The molecule has 0 aromatic heterocycles. The Labute approximate surface area is 109 Å². The molecule has 1 N–H and O–H groups in total. The van der Waals surface area contributed by atoms with E-state index < -0.39 is 0 Å². The van der Waals surface area contributed by atoms with Crippen molar-refractivity contribution in [2.24, 2.45) is 0 Å². The van der Waals surface area contributed by atoms with Gasteiger partial charge in [-0.05, 0) is 44.4 Å². The zero-order valence-corrected chi connectivity index (χ0v) is 11.1. The monoisotopic (exact) mass is 244 g/mol. The van der Waals surface area contributed by atoms with E-state index in [1.54, 1.807) is 0 Å². The van der Waals surface area contributed by atoms with Crippen molar-refractivity contribution in [2.45, 2.75) is 44.8 Å². The molecule has 0 saturated carbocycles. The van der Waals surface area contributed by atoms with E-state index in [1.807, 2.05) is 12.1 Å². The highest BCUT2D eigenvalue weighted by molar-refractivity contribution is 5.46. The molecule has 1 aromatic carbocycles. The molecule has 0 radical (unpaired) electrons. The van der Waals surface area contributed by atoms with Crippen LogP contribution in [0.4, 0.5) is 5.69 Å². The number of benzene rings is 1. The Hall–Kier alpha value is -1.53. The van der Waals surface area contributed by atoms with Crippen LogP contribution in [0.5, 0.6) is 0 Å². The second-order valence-corrected chi connectivity index (χ2v) is 5.47. The van der Waals surface area contributed by atoms with Crippen molar-refractivity contribution in [1.29, 1.82) is 5.26 Å². The van der Waals surface area contributed by atoms with Crippen molar-refractivity contribution >= 4 is 5.69 Å². The van der Waals surface area contributed by atoms with Gasteiger partial charge in [0.15, 0.2) is 0 Å².